The van der Waals surface area contributed by atoms with E-state index >= 15 is 0 Å². The van der Waals surface area contributed by atoms with Crippen LogP contribution >= 0.6 is 11.6 Å². The molecule has 0 aliphatic carbocycles. The van der Waals surface area contributed by atoms with Crippen LogP contribution in [0.2, 0.25) is 5.02 Å². The molecule has 1 saturated heterocycles. The van der Waals surface area contributed by atoms with Crippen LogP contribution in [0, 0.1) is 0 Å². The number of piperidine rings is 1. The number of halogens is 1. The van der Waals surface area contributed by atoms with Gasteiger partial charge in [0.05, 0.1) is 16.3 Å². The van der Waals surface area contributed by atoms with Crippen molar-refractivity contribution in [3.05, 3.63) is 65.7 Å². The third-order valence-electron chi connectivity index (χ3n) is 5.42. The first-order valence-electron chi connectivity index (χ1n) is 10.5. The SMILES string of the molecule is O=C(CCc1ccc(S(=O)(=O)N2CCCCC2)cc1)Nc1cc(Cl)ccc1-n1cncn1. The maximum Gasteiger partial charge on any atom is 0.243 e. The zero-order chi connectivity index (χ0) is 22.6. The molecular weight excluding hydrogens is 450 g/mol. The topological polar surface area (TPSA) is 97.2 Å². The molecule has 0 unspecified atom stereocenters. The zero-order valence-electron chi connectivity index (χ0n) is 17.4. The molecule has 3 aromatic rings. The van der Waals surface area contributed by atoms with Crippen LogP contribution in [-0.2, 0) is 21.2 Å². The molecule has 168 valence electrons. The first kappa shape index (κ1) is 22.4. The van der Waals surface area contributed by atoms with Crippen LogP contribution in [0.4, 0.5) is 5.69 Å². The Morgan fingerprint density at radius 2 is 1.81 bits per heavy atom. The summed E-state index contributed by atoms with van der Waals surface area (Å²) in [5, 5.41) is 7.47. The monoisotopic (exact) mass is 473 g/mol. The molecule has 1 N–H and O–H groups in total. The average molecular weight is 474 g/mol. The Bertz CT molecular complexity index is 1170. The van der Waals surface area contributed by atoms with Crippen molar-refractivity contribution in [2.45, 2.75) is 37.0 Å². The van der Waals surface area contributed by atoms with Crippen molar-refractivity contribution in [2.24, 2.45) is 0 Å². The number of nitrogens with zero attached hydrogens (tertiary/aromatic N) is 4. The van der Waals surface area contributed by atoms with E-state index in [1.807, 2.05) is 0 Å². The molecular formula is C22H24ClN5O3S. The number of aromatic nitrogens is 3. The normalized spacial score (nSPS) is 14.9. The van der Waals surface area contributed by atoms with Crippen LogP contribution in [0.25, 0.3) is 5.69 Å². The molecule has 2 heterocycles. The maximum atomic E-state index is 12.8. The molecule has 1 amide bonds. The van der Waals surface area contributed by atoms with E-state index in [9.17, 15) is 13.2 Å². The highest BCUT2D eigenvalue weighted by Gasteiger charge is 2.25. The summed E-state index contributed by atoms with van der Waals surface area (Å²) in [6.45, 7) is 1.15. The van der Waals surface area contributed by atoms with Gasteiger partial charge in [0.1, 0.15) is 12.7 Å². The van der Waals surface area contributed by atoms with E-state index in [1.165, 1.54) is 6.33 Å². The summed E-state index contributed by atoms with van der Waals surface area (Å²) in [5.74, 6) is -0.182. The standard InChI is InChI=1S/C22H24ClN5O3S/c23-18-7-10-21(28-16-24-15-25-28)20(14-18)26-22(29)11-6-17-4-8-19(9-5-17)32(30,31)27-12-2-1-3-13-27/h4-5,7-10,14-16H,1-3,6,11-13H2,(H,26,29). The lowest BCUT2D eigenvalue weighted by molar-refractivity contribution is -0.116. The van der Waals surface area contributed by atoms with Gasteiger partial charge in [-0.05, 0) is 55.2 Å². The van der Waals surface area contributed by atoms with E-state index in [2.05, 4.69) is 15.4 Å². The zero-order valence-corrected chi connectivity index (χ0v) is 19.0. The molecule has 10 heteroatoms. The second-order valence-corrected chi connectivity index (χ2v) is 10.0. The second-order valence-electron chi connectivity index (χ2n) is 7.66. The number of benzene rings is 2. The summed E-state index contributed by atoms with van der Waals surface area (Å²) < 4.78 is 28.6. The van der Waals surface area contributed by atoms with Gasteiger partial charge in [-0.15, -0.1) is 0 Å². The number of anilines is 1. The summed E-state index contributed by atoms with van der Waals surface area (Å²) >= 11 is 6.09. The number of carbonyl (C=O) groups is 1. The summed E-state index contributed by atoms with van der Waals surface area (Å²) in [4.78, 5) is 16.8. The molecule has 4 rings (SSSR count). The van der Waals surface area contributed by atoms with E-state index in [1.54, 1.807) is 57.8 Å². The van der Waals surface area contributed by atoms with Crippen molar-refractivity contribution in [1.29, 1.82) is 0 Å². The second kappa shape index (κ2) is 9.81. The number of nitrogens with one attached hydrogen (secondary N) is 1. The highest BCUT2D eigenvalue weighted by molar-refractivity contribution is 7.89. The summed E-state index contributed by atoms with van der Waals surface area (Å²) in [6, 6.07) is 11.9. The van der Waals surface area contributed by atoms with Gasteiger partial charge in [0.15, 0.2) is 0 Å². The molecule has 0 saturated carbocycles. The smallest absolute Gasteiger partial charge is 0.243 e. The number of carbonyl (C=O) groups excluding carboxylic acids is 1. The predicted molar refractivity (Wildman–Crippen MR) is 122 cm³/mol. The quantitative estimate of drug-likeness (QED) is 0.564. The number of amides is 1. The summed E-state index contributed by atoms with van der Waals surface area (Å²) in [6.07, 6.45) is 6.54. The van der Waals surface area contributed by atoms with E-state index < -0.39 is 10.0 Å². The van der Waals surface area contributed by atoms with Crippen molar-refractivity contribution in [3.63, 3.8) is 0 Å². The summed E-state index contributed by atoms with van der Waals surface area (Å²) in [7, 11) is -3.45. The molecule has 0 atom stereocenters. The van der Waals surface area contributed by atoms with E-state index in [-0.39, 0.29) is 12.3 Å². The van der Waals surface area contributed by atoms with Gasteiger partial charge in [-0.25, -0.2) is 18.1 Å². The fraction of sp³-hybridized carbons (Fsp3) is 0.318. The minimum absolute atomic E-state index is 0.182. The lowest BCUT2D eigenvalue weighted by Gasteiger charge is -2.25. The highest BCUT2D eigenvalue weighted by Crippen LogP contribution is 2.25. The lowest BCUT2D eigenvalue weighted by atomic mass is 10.1. The van der Waals surface area contributed by atoms with Gasteiger partial charge in [0, 0.05) is 24.5 Å². The van der Waals surface area contributed by atoms with Crippen LogP contribution in [0.5, 0.6) is 0 Å². The highest BCUT2D eigenvalue weighted by atomic mass is 35.5. The van der Waals surface area contributed by atoms with Gasteiger partial charge >= 0.3 is 0 Å². The Hall–Kier alpha value is -2.75. The van der Waals surface area contributed by atoms with Gasteiger partial charge in [0.25, 0.3) is 0 Å². The third kappa shape index (κ3) is 5.17. The molecule has 1 fully saturated rings. The van der Waals surface area contributed by atoms with Gasteiger partial charge < -0.3 is 5.32 Å². The number of sulfonamides is 1. The van der Waals surface area contributed by atoms with Crippen LogP contribution in [0.1, 0.15) is 31.2 Å². The molecule has 8 nitrogen and oxygen atoms in total. The van der Waals surface area contributed by atoms with Crippen molar-refractivity contribution >= 4 is 33.2 Å². The molecule has 32 heavy (non-hydrogen) atoms. The van der Waals surface area contributed by atoms with Gasteiger partial charge in [-0.1, -0.05) is 30.2 Å². The lowest BCUT2D eigenvalue weighted by Crippen LogP contribution is -2.35. The Balaban J connectivity index is 1.38. The number of rotatable bonds is 7. The maximum absolute atomic E-state index is 12.8. The Labute approximate surface area is 192 Å². The predicted octanol–water partition coefficient (Wildman–Crippen LogP) is 3.67. The molecule has 2 aromatic carbocycles. The molecule has 1 aromatic heterocycles. The van der Waals surface area contributed by atoms with Gasteiger partial charge in [-0.2, -0.15) is 9.40 Å². The molecule has 1 aliphatic heterocycles. The van der Waals surface area contributed by atoms with Crippen molar-refractivity contribution in [1.82, 2.24) is 19.1 Å². The van der Waals surface area contributed by atoms with Crippen molar-refractivity contribution < 1.29 is 13.2 Å². The molecule has 1 aliphatic rings. The number of aryl methyl sites for hydroxylation is 1. The molecule has 0 radical (unpaired) electrons. The fourth-order valence-corrected chi connectivity index (χ4v) is 5.38. The minimum atomic E-state index is -3.45. The Morgan fingerprint density at radius 3 is 2.50 bits per heavy atom. The van der Waals surface area contributed by atoms with Gasteiger partial charge in [-0.3, -0.25) is 4.79 Å². The van der Waals surface area contributed by atoms with Crippen molar-refractivity contribution in [3.8, 4) is 5.69 Å². The van der Waals surface area contributed by atoms with Crippen LogP contribution in [0.15, 0.2) is 60.0 Å². The molecule has 0 spiro atoms. The average Bonchev–Trinajstić information content (AvgIpc) is 3.33. The fourth-order valence-electron chi connectivity index (χ4n) is 3.69. The van der Waals surface area contributed by atoms with Gasteiger partial charge in [0.2, 0.25) is 15.9 Å². The largest absolute Gasteiger partial charge is 0.324 e. The third-order valence-corrected chi connectivity index (χ3v) is 7.56. The van der Waals surface area contributed by atoms with E-state index in [0.717, 1.165) is 24.8 Å². The van der Waals surface area contributed by atoms with E-state index in [4.69, 9.17) is 11.6 Å². The Kier molecular flexibility index (Phi) is 6.88. The van der Waals surface area contributed by atoms with E-state index in [0.29, 0.717) is 40.8 Å². The number of hydrogen-bond acceptors (Lipinski definition) is 5. The van der Waals surface area contributed by atoms with Crippen molar-refractivity contribution in [2.75, 3.05) is 18.4 Å². The Morgan fingerprint density at radius 1 is 1.06 bits per heavy atom. The molecule has 0 bridgehead atoms. The van der Waals surface area contributed by atoms with Crippen LogP contribution in [0.3, 0.4) is 0 Å². The number of hydrogen-bond donors (Lipinski definition) is 1. The van der Waals surface area contributed by atoms with Crippen LogP contribution < -0.4 is 5.32 Å². The minimum Gasteiger partial charge on any atom is -0.324 e. The first-order valence-corrected chi connectivity index (χ1v) is 12.3. The van der Waals surface area contributed by atoms with Crippen LogP contribution in [-0.4, -0.2) is 46.5 Å². The first-order chi connectivity index (χ1) is 15.4. The summed E-state index contributed by atoms with van der Waals surface area (Å²) in [5.41, 5.74) is 2.09.